The van der Waals surface area contributed by atoms with E-state index in [-0.39, 0.29) is 12.3 Å². The van der Waals surface area contributed by atoms with Crippen LogP contribution in [0.25, 0.3) is 0 Å². The predicted octanol–water partition coefficient (Wildman–Crippen LogP) is 3.62. The topological polar surface area (TPSA) is 37.3 Å². The highest BCUT2D eigenvalue weighted by Gasteiger charge is 2.04. The monoisotopic (exact) mass is 198 g/mol. The summed E-state index contributed by atoms with van der Waals surface area (Å²) in [6.07, 6.45) is 10.4. The summed E-state index contributed by atoms with van der Waals surface area (Å²) in [5.74, 6) is -0.438. The first-order chi connectivity index (χ1) is 6.66. The van der Waals surface area contributed by atoms with E-state index in [0.717, 1.165) is 12.8 Å². The predicted molar refractivity (Wildman–Crippen MR) is 59.3 cm³/mol. The SMILES string of the molecule is CCCCC/C=C/CC(C)CC(=O)O. The van der Waals surface area contributed by atoms with E-state index in [2.05, 4.69) is 19.1 Å². The fraction of sp³-hybridized carbons (Fsp3) is 0.750. The number of hydrogen-bond acceptors (Lipinski definition) is 1. The maximum atomic E-state index is 10.4. The molecule has 0 amide bonds. The van der Waals surface area contributed by atoms with Gasteiger partial charge in [0, 0.05) is 6.42 Å². The van der Waals surface area contributed by atoms with E-state index in [1.807, 2.05) is 6.92 Å². The molecule has 0 heterocycles. The van der Waals surface area contributed by atoms with Gasteiger partial charge in [0.25, 0.3) is 0 Å². The Morgan fingerprint density at radius 1 is 1.36 bits per heavy atom. The molecule has 0 saturated heterocycles. The number of carboxylic acids is 1. The van der Waals surface area contributed by atoms with Crippen molar-refractivity contribution >= 4 is 5.97 Å². The molecule has 1 atom stereocenters. The van der Waals surface area contributed by atoms with Crippen molar-refractivity contribution in [3.05, 3.63) is 12.2 Å². The van der Waals surface area contributed by atoms with Gasteiger partial charge in [-0.25, -0.2) is 0 Å². The third kappa shape index (κ3) is 9.30. The Morgan fingerprint density at radius 3 is 2.64 bits per heavy atom. The lowest BCUT2D eigenvalue weighted by Gasteiger charge is -2.03. The number of rotatable bonds is 8. The van der Waals surface area contributed by atoms with Gasteiger partial charge in [0.15, 0.2) is 0 Å². The van der Waals surface area contributed by atoms with Crippen molar-refractivity contribution in [3.63, 3.8) is 0 Å². The summed E-state index contributed by atoms with van der Waals surface area (Å²) in [6.45, 7) is 4.17. The van der Waals surface area contributed by atoms with Crippen LogP contribution in [0.1, 0.15) is 52.4 Å². The molecule has 0 aliphatic carbocycles. The fourth-order valence-electron chi connectivity index (χ4n) is 1.34. The first-order valence-corrected chi connectivity index (χ1v) is 5.53. The largest absolute Gasteiger partial charge is 0.481 e. The van der Waals surface area contributed by atoms with Gasteiger partial charge in [-0.2, -0.15) is 0 Å². The van der Waals surface area contributed by atoms with Gasteiger partial charge in [-0.3, -0.25) is 4.79 Å². The summed E-state index contributed by atoms with van der Waals surface area (Å²) >= 11 is 0. The van der Waals surface area contributed by atoms with Gasteiger partial charge in [-0.1, -0.05) is 38.8 Å². The van der Waals surface area contributed by atoms with Crippen LogP contribution in [0, 0.1) is 5.92 Å². The molecule has 1 unspecified atom stereocenters. The highest BCUT2D eigenvalue weighted by molar-refractivity contribution is 5.66. The van der Waals surface area contributed by atoms with Crippen molar-refractivity contribution in [2.45, 2.75) is 52.4 Å². The third-order valence-electron chi connectivity index (χ3n) is 2.20. The van der Waals surface area contributed by atoms with Gasteiger partial charge >= 0.3 is 5.97 Å². The standard InChI is InChI=1S/C12H22O2/c1-3-4-5-6-7-8-9-11(2)10-12(13)14/h7-8,11H,3-6,9-10H2,1-2H3,(H,13,14)/b8-7+. The van der Waals surface area contributed by atoms with E-state index in [1.165, 1.54) is 19.3 Å². The molecule has 2 nitrogen and oxygen atoms in total. The van der Waals surface area contributed by atoms with E-state index in [4.69, 9.17) is 5.11 Å². The van der Waals surface area contributed by atoms with E-state index in [0.29, 0.717) is 0 Å². The van der Waals surface area contributed by atoms with E-state index >= 15 is 0 Å². The summed E-state index contributed by atoms with van der Waals surface area (Å²) in [7, 11) is 0. The molecule has 0 aromatic carbocycles. The molecule has 0 bridgehead atoms. The normalized spacial score (nSPS) is 13.3. The molecule has 0 saturated carbocycles. The van der Waals surface area contributed by atoms with Crippen molar-refractivity contribution in [1.29, 1.82) is 0 Å². The zero-order chi connectivity index (χ0) is 10.8. The Balaban J connectivity index is 3.36. The number of hydrogen-bond donors (Lipinski definition) is 1. The molecular weight excluding hydrogens is 176 g/mol. The van der Waals surface area contributed by atoms with Crippen LogP contribution in [0.3, 0.4) is 0 Å². The summed E-state index contributed by atoms with van der Waals surface area (Å²) in [6, 6.07) is 0. The quantitative estimate of drug-likeness (QED) is 0.477. The highest BCUT2D eigenvalue weighted by atomic mass is 16.4. The maximum Gasteiger partial charge on any atom is 0.303 e. The Labute approximate surface area is 87.0 Å². The van der Waals surface area contributed by atoms with Gasteiger partial charge in [-0.15, -0.1) is 0 Å². The summed E-state index contributed by atoms with van der Waals surface area (Å²) in [5.41, 5.74) is 0. The lowest BCUT2D eigenvalue weighted by molar-refractivity contribution is -0.137. The molecule has 14 heavy (non-hydrogen) atoms. The van der Waals surface area contributed by atoms with Crippen LogP contribution in [0.5, 0.6) is 0 Å². The van der Waals surface area contributed by atoms with E-state index < -0.39 is 5.97 Å². The van der Waals surface area contributed by atoms with Crippen LogP contribution in [0.15, 0.2) is 12.2 Å². The molecule has 1 N–H and O–H groups in total. The van der Waals surface area contributed by atoms with E-state index in [9.17, 15) is 4.79 Å². The van der Waals surface area contributed by atoms with Gasteiger partial charge in [0.1, 0.15) is 0 Å². The number of carbonyl (C=O) groups is 1. The minimum atomic E-state index is -0.697. The second-order valence-corrected chi connectivity index (χ2v) is 3.91. The average molecular weight is 198 g/mol. The Bertz CT molecular complexity index is 173. The first-order valence-electron chi connectivity index (χ1n) is 5.53. The second kappa shape index (κ2) is 8.79. The van der Waals surface area contributed by atoms with Crippen LogP contribution in [-0.4, -0.2) is 11.1 Å². The minimum absolute atomic E-state index is 0.259. The molecule has 0 aromatic heterocycles. The van der Waals surface area contributed by atoms with Gasteiger partial charge in [0.05, 0.1) is 0 Å². The molecular formula is C12H22O2. The highest BCUT2D eigenvalue weighted by Crippen LogP contribution is 2.09. The second-order valence-electron chi connectivity index (χ2n) is 3.91. The molecule has 0 radical (unpaired) electrons. The molecule has 2 heteroatoms. The van der Waals surface area contributed by atoms with Crippen molar-refractivity contribution in [2.24, 2.45) is 5.92 Å². The van der Waals surface area contributed by atoms with Crippen LogP contribution >= 0.6 is 0 Å². The van der Waals surface area contributed by atoms with Crippen molar-refractivity contribution in [1.82, 2.24) is 0 Å². The van der Waals surface area contributed by atoms with Crippen LogP contribution in [-0.2, 0) is 4.79 Å². The summed E-state index contributed by atoms with van der Waals surface area (Å²) in [5, 5.41) is 8.53. The Hall–Kier alpha value is -0.790. The number of aliphatic carboxylic acids is 1. The minimum Gasteiger partial charge on any atom is -0.481 e. The number of allylic oxidation sites excluding steroid dienone is 2. The summed E-state index contributed by atoms with van der Waals surface area (Å²) < 4.78 is 0. The molecule has 82 valence electrons. The molecule has 0 fully saturated rings. The summed E-state index contributed by atoms with van der Waals surface area (Å²) in [4.78, 5) is 10.4. The first kappa shape index (κ1) is 13.2. The zero-order valence-corrected chi connectivity index (χ0v) is 9.33. The smallest absolute Gasteiger partial charge is 0.303 e. The molecule has 0 aliphatic heterocycles. The maximum absolute atomic E-state index is 10.4. The van der Waals surface area contributed by atoms with Crippen molar-refractivity contribution in [3.8, 4) is 0 Å². The van der Waals surface area contributed by atoms with Crippen LogP contribution in [0.2, 0.25) is 0 Å². The van der Waals surface area contributed by atoms with Crippen LogP contribution < -0.4 is 0 Å². The fourth-order valence-corrected chi connectivity index (χ4v) is 1.34. The number of carboxylic acid groups (broad SMARTS) is 1. The van der Waals surface area contributed by atoms with E-state index in [1.54, 1.807) is 0 Å². The van der Waals surface area contributed by atoms with Gasteiger partial charge in [0.2, 0.25) is 0 Å². The molecule has 0 aliphatic rings. The Morgan fingerprint density at radius 2 is 2.07 bits per heavy atom. The molecule has 0 spiro atoms. The average Bonchev–Trinajstić information content (AvgIpc) is 2.10. The van der Waals surface area contributed by atoms with Crippen LogP contribution in [0.4, 0.5) is 0 Å². The third-order valence-corrected chi connectivity index (χ3v) is 2.20. The van der Waals surface area contributed by atoms with Gasteiger partial charge < -0.3 is 5.11 Å². The Kier molecular flexibility index (Phi) is 8.30. The van der Waals surface area contributed by atoms with Crippen molar-refractivity contribution < 1.29 is 9.90 Å². The number of unbranched alkanes of at least 4 members (excludes halogenated alkanes) is 3. The zero-order valence-electron chi connectivity index (χ0n) is 9.33. The lowest BCUT2D eigenvalue weighted by Crippen LogP contribution is -2.02. The molecule has 0 rings (SSSR count). The van der Waals surface area contributed by atoms with Crippen molar-refractivity contribution in [2.75, 3.05) is 0 Å². The molecule has 0 aromatic rings. The van der Waals surface area contributed by atoms with Gasteiger partial charge in [-0.05, 0) is 25.2 Å². The lowest BCUT2D eigenvalue weighted by atomic mass is 10.0.